The summed E-state index contributed by atoms with van der Waals surface area (Å²) >= 11 is 0. The molecule has 0 saturated carbocycles. The summed E-state index contributed by atoms with van der Waals surface area (Å²) in [5.74, 6) is 0.220. The zero-order valence-corrected chi connectivity index (χ0v) is 15.3. The molecule has 138 valence electrons. The van der Waals surface area contributed by atoms with Crippen LogP contribution in [-0.2, 0) is 19.4 Å². The van der Waals surface area contributed by atoms with Crippen LogP contribution in [0.15, 0.2) is 24.3 Å². The maximum Gasteiger partial charge on any atom is 0.238 e. The first-order valence-electron chi connectivity index (χ1n) is 8.57. The number of carbonyl (C=O) groups is 1. The van der Waals surface area contributed by atoms with Crippen molar-refractivity contribution in [3.05, 3.63) is 24.3 Å². The molecule has 2 heterocycles. The molecule has 2 fully saturated rings. The molecule has 1 N–H and O–H groups in total. The van der Waals surface area contributed by atoms with Gasteiger partial charge >= 0.3 is 0 Å². The summed E-state index contributed by atoms with van der Waals surface area (Å²) in [5, 5.41) is 2.97. The molecular weight excluding hydrogens is 342 g/mol. The quantitative estimate of drug-likeness (QED) is 0.820. The normalized spacial score (nSPS) is 23.0. The van der Waals surface area contributed by atoms with Gasteiger partial charge in [-0.15, -0.1) is 0 Å². The van der Waals surface area contributed by atoms with Gasteiger partial charge in [-0.2, -0.15) is 0 Å². The highest BCUT2D eigenvalue weighted by molar-refractivity contribution is 7.91. The van der Waals surface area contributed by atoms with Crippen molar-refractivity contribution in [1.29, 1.82) is 0 Å². The van der Waals surface area contributed by atoms with E-state index in [2.05, 4.69) is 10.2 Å². The number of rotatable bonds is 5. The largest absolute Gasteiger partial charge is 0.378 e. The van der Waals surface area contributed by atoms with Gasteiger partial charge in [0.1, 0.15) is 0 Å². The summed E-state index contributed by atoms with van der Waals surface area (Å²) in [5.41, 5.74) is 1.77. The highest BCUT2D eigenvalue weighted by atomic mass is 32.2. The molecule has 0 spiro atoms. The highest BCUT2D eigenvalue weighted by Crippen LogP contribution is 2.26. The molecule has 0 radical (unpaired) electrons. The number of benzene rings is 1. The molecule has 8 heteroatoms. The standard InChI is InChI=1S/C17H25N3O4S/c1-19(14-6-11-25(22,23)13-14)12-17(21)18-15-4-2-3-5-16(15)20-7-9-24-10-8-20/h2-5,14H,6-13H2,1H3,(H,18,21). The van der Waals surface area contributed by atoms with Gasteiger partial charge in [0, 0.05) is 19.1 Å². The summed E-state index contributed by atoms with van der Waals surface area (Å²) in [6.45, 7) is 3.14. The van der Waals surface area contributed by atoms with E-state index in [-0.39, 0.29) is 30.0 Å². The molecule has 0 aromatic heterocycles. The Labute approximate surface area is 148 Å². The summed E-state index contributed by atoms with van der Waals surface area (Å²) in [7, 11) is -1.14. The maximum atomic E-state index is 12.4. The fraction of sp³-hybridized carbons (Fsp3) is 0.588. The summed E-state index contributed by atoms with van der Waals surface area (Å²) in [4.78, 5) is 16.5. The monoisotopic (exact) mass is 367 g/mol. The highest BCUT2D eigenvalue weighted by Gasteiger charge is 2.31. The van der Waals surface area contributed by atoms with Gasteiger partial charge in [0.15, 0.2) is 9.84 Å². The van der Waals surface area contributed by atoms with Gasteiger partial charge < -0.3 is 15.0 Å². The van der Waals surface area contributed by atoms with E-state index in [4.69, 9.17) is 4.74 Å². The summed E-state index contributed by atoms with van der Waals surface area (Å²) < 4.78 is 28.6. The van der Waals surface area contributed by atoms with E-state index >= 15 is 0 Å². The van der Waals surface area contributed by atoms with Crippen molar-refractivity contribution in [2.45, 2.75) is 12.5 Å². The van der Waals surface area contributed by atoms with Crippen molar-refractivity contribution < 1.29 is 17.9 Å². The molecule has 0 bridgehead atoms. The Balaban J connectivity index is 1.61. The number of likely N-dealkylation sites (N-methyl/N-ethyl adjacent to an activating group) is 1. The molecule has 7 nitrogen and oxygen atoms in total. The second-order valence-electron chi connectivity index (χ2n) is 6.64. The van der Waals surface area contributed by atoms with E-state index in [1.165, 1.54) is 0 Å². The molecule has 25 heavy (non-hydrogen) atoms. The number of carbonyl (C=O) groups excluding carboxylic acids is 1. The van der Waals surface area contributed by atoms with Crippen LogP contribution in [0.2, 0.25) is 0 Å². The van der Waals surface area contributed by atoms with Gasteiger partial charge in [-0.05, 0) is 25.6 Å². The lowest BCUT2D eigenvalue weighted by Gasteiger charge is -2.30. The van der Waals surface area contributed by atoms with Gasteiger partial charge in [0.2, 0.25) is 5.91 Å². The van der Waals surface area contributed by atoms with Crippen LogP contribution in [0.3, 0.4) is 0 Å². The van der Waals surface area contributed by atoms with E-state index in [0.717, 1.165) is 24.5 Å². The Morgan fingerprint density at radius 3 is 2.72 bits per heavy atom. The number of hydrogen-bond donors (Lipinski definition) is 1. The predicted molar refractivity (Wildman–Crippen MR) is 97.8 cm³/mol. The third-order valence-electron chi connectivity index (χ3n) is 4.75. The lowest BCUT2D eigenvalue weighted by molar-refractivity contribution is -0.117. The molecule has 1 unspecified atom stereocenters. The van der Waals surface area contributed by atoms with Gasteiger partial charge in [0.25, 0.3) is 0 Å². The maximum absolute atomic E-state index is 12.4. The van der Waals surface area contributed by atoms with Gasteiger partial charge in [-0.25, -0.2) is 8.42 Å². The fourth-order valence-corrected chi connectivity index (χ4v) is 5.13. The number of amides is 1. The Hall–Kier alpha value is -1.64. The van der Waals surface area contributed by atoms with E-state index in [1.807, 2.05) is 29.2 Å². The van der Waals surface area contributed by atoms with Crippen LogP contribution in [0.1, 0.15) is 6.42 Å². The number of hydrogen-bond acceptors (Lipinski definition) is 6. The van der Waals surface area contributed by atoms with Crippen molar-refractivity contribution in [2.24, 2.45) is 0 Å². The van der Waals surface area contributed by atoms with Crippen LogP contribution in [0.4, 0.5) is 11.4 Å². The molecule has 1 aromatic rings. The average Bonchev–Trinajstić information content (AvgIpc) is 2.96. The van der Waals surface area contributed by atoms with Crippen molar-refractivity contribution in [3.8, 4) is 0 Å². The number of ether oxygens (including phenoxy) is 1. The average molecular weight is 367 g/mol. The lowest BCUT2D eigenvalue weighted by Crippen LogP contribution is -2.39. The van der Waals surface area contributed by atoms with Crippen molar-refractivity contribution >= 4 is 27.1 Å². The van der Waals surface area contributed by atoms with Crippen LogP contribution in [0, 0.1) is 0 Å². The number of para-hydroxylation sites is 2. The number of sulfone groups is 1. The van der Waals surface area contributed by atoms with Gasteiger partial charge in [-0.3, -0.25) is 9.69 Å². The van der Waals surface area contributed by atoms with E-state index < -0.39 is 9.84 Å². The molecule has 2 saturated heterocycles. The van der Waals surface area contributed by atoms with Gasteiger partial charge in [-0.1, -0.05) is 12.1 Å². The topological polar surface area (TPSA) is 79.0 Å². The molecule has 1 amide bonds. The van der Waals surface area contributed by atoms with Crippen LogP contribution in [0.25, 0.3) is 0 Å². The minimum Gasteiger partial charge on any atom is -0.378 e. The zero-order valence-electron chi connectivity index (χ0n) is 14.5. The fourth-order valence-electron chi connectivity index (χ4n) is 3.33. The lowest BCUT2D eigenvalue weighted by atomic mass is 10.2. The van der Waals surface area contributed by atoms with Crippen molar-refractivity contribution in [3.63, 3.8) is 0 Å². The first-order chi connectivity index (χ1) is 11.9. The van der Waals surface area contributed by atoms with E-state index in [0.29, 0.717) is 19.6 Å². The SMILES string of the molecule is CN(CC(=O)Nc1ccccc1N1CCOCC1)C1CCS(=O)(=O)C1. The van der Waals surface area contributed by atoms with Crippen LogP contribution in [-0.4, -0.2) is 76.7 Å². The number of anilines is 2. The van der Waals surface area contributed by atoms with E-state index in [1.54, 1.807) is 7.05 Å². The summed E-state index contributed by atoms with van der Waals surface area (Å²) in [6, 6.07) is 7.66. The van der Waals surface area contributed by atoms with Crippen molar-refractivity contribution in [2.75, 3.05) is 61.6 Å². The Bertz CT molecular complexity index is 716. The van der Waals surface area contributed by atoms with Crippen LogP contribution < -0.4 is 10.2 Å². The van der Waals surface area contributed by atoms with Crippen molar-refractivity contribution in [1.82, 2.24) is 4.90 Å². The molecule has 0 aliphatic carbocycles. The number of morpholine rings is 1. The summed E-state index contributed by atoms with van der Waals surface area (Å²) in [6.07, 6.45) is 0.594. The van der Waals surface area contributed by atoms with E-state index in [9.17, 15) is 13.2 Å². The number of nitrogens with zero attached hydrogens (tertiary/aromatic N) is 2. The predicted octanol–water partition coefficient (Wildman–Crippen LogP) is 0.581. The number of nitrogens with one attached hydrogen (secondary N) is 1. The molecule has 2 aliphatic heterocycles. The second kappa shape index (κ2) is 7.72. The second-order valence-corrected chi connectivity index (χ2v) is 8.87. The Morgan fingerprint density at radius 1 is 1.32 bits per heavy atom. The minimum atomic E-state index is -2.95. The molecule has 2 aliphatic rings. The zero-order chi connectivity index (χ0) is 17.9. The smallest absolute Gasteiger partial charge is 0.238 e. The third-order valence-corrected chi connectivity index (χ3v) is 6.51. The molecule has 1 atom stereocenters. The Kier molecular flexibility index (Phi) is 5.61. The van der Waals surface area contributed by atoms with Crippen LogP contribution >= 0.6 is 0 Å². The minimum absolute atomic E-state index is 0.0785. The molecular formula is C17H25N3O4S. The molecule has 1 aromatic carbocycles. The first kappa shape index (κ1) is 18.2. The first-order valence-corrected chi connectivity index (χ1v) is 10.4. The van der Waals surface area contributed by atoms with Crippen LogP contribution in [0.5, 0.6) is 0 Å². The third kappa shape index (κ3) is 4.71. The molecule has 3 rings (SSSR count). The Morgan fingerprint density at radius 2 is 2.04 bits per heavy atom. The van der Waals surface area contributed by atoms with Gasteiger partial charge in [0.05, 0.1) is 42.6 Å².